The van der Waals surface area contributed by atoms with E-state index in [2.05, 4.69) is 26.8 Å². The molecule has 0 radical (unpaired) electrons. The molecule has 0 unspecified atom stereocenters. The highest BCUT2D eigenvalue weighted by Crippen LogP contribution is 2.28. The van der Waals surface area contributed by atoms with Gasteiger partial charge in [-0.25, -0.2) is 23.7 Å². The quantitative estimate of drug-likeness (QED) is 0.590. The van der Waals surface area contributed by atoms with Crippen molar-refractivity contribution in [3.05, 3.63) is 35.7 Å². The van der Waals surface area contributed by atoms with Gasteiger partial charge in [0.25, 0.3) is 0 Å². The van der Waals surface area contributed by atoms with Gasteiger partial charge in [-0.3, -0.25) is 0 Å². The van der Waals surface area contributed by atoms with Crippen LogP contribution < -0.4 is 5.73 Å². The van der Waals surface area contributed by atoms with Crippen LogP contribution in [0, 0.1) is 23.5 Å². The van der Waals surface area contributed by atoms with Crippen molar-refractivity contribution in [1.29, 1.82) is 0 Å². The second-order valence-corrected chi connectivity index (χ2v) is 7.10. The Bertz CT molecular complexity index is 1110. The zero-order chi connectivity index (χ0) is 19.9. The first-order chi connectivity index (χ1) is 13.3. The summed E-state index contributed by atoms with van der Waals surface area (Å²) in [6.45, 7) is 0. The molecule has 9 heteroatoms. The third-order valence-corrected chi connectivity index (χ3v) is 4.95. The van der Waals surface area contributed by atoms with Gasteiger partial charge in [0.15, 0.2) is 17.0 Å². The number of nitrogens with zero attached hydrogens (tertiary/aromatic N) is 4. The fraction of sp³-hybridized carbons (Fsp3) is 0.350. The lowest BCUT2D eigenvalue weighted by molar-refractivity contribution is 0.0610. The number of nitrogen functional groups attached to an aromatic ring is 1. The standard InChI is InChI=1S/C20H19F2N5O.ClH/c1-27-18(12-9-13(21)11-14(22)10-12)26-16-17(23)24-15(25-19(16)27)5-8-20(28)6-3-2-4-7-20;/h9-11,28H,2-4,6-7H2,1H3,(H2,23,24,25);1H. The Morgan fingerprint density at radius 1 is 1.07 bits per heavy atom. The molecule has 0 atom stereocenters. The molecule has 0 aliphatic heterocycles. The topological polar surface area (TPSA) is 89.9 Å². The minimum absolute atomic E-state index is 0. The van der Waals surface area contributed by atoms with Crippen LogP contribution in [0.5, 0.6) is 0 Å². The maximum absolute atomic E-state index is 13.6. The van der Waals surface area contributed by atoms with Gasteiger partial charge in [0.2, 0.25) is 5.82 Å². The number of aromatic nitrogens is 4. The summed E-state index contributed by atoms with van der Waals surface area (Å²) >= 11 is 0. The van der Waals surface area contributed by atoms with Gasteiger partial charge in [-0.15, -0.1) is 12.4 Å². The van der Waals surface area contributed by atoms with E-state index in [0.717, 1.165) is 25.3 Å². The van der Waals surface area contributed by atoms with Crippen molar-refractivity contribution in [1.82, 2.24) is 19.5 Å². The van der Waals surface area contributed by atoms with E-state index in [1.807, 2.05) is 0 Å². The van der Waals surface area contributed by atoms with Crippen LogP contribution >= 0.6 is 12.4 Å². The molecule has 1 fully saturated rings. The number of nitrogens with two attached hydrogens (primary N) is 1. The summed E-state index contributed by atoms with van der Waals surface area (Å²) in [5.74, 6) is 4.89. The van der Waals surface area contributed by atoms with Gasteiger partial charge >= 0.3 is 0 Å². The molecule has 29 heavy (non-hydrogen) atoms. The molecule has 1 saturated carbocycles. The minimum atomic E-state index is -1.03. The van der Waals surface area contributed by atoms with Crippen LogP contribution in [-0.2, 0) is 7.05 Å². The number of aliphatic hydroxyl groups is 1. The number of benzene rings is 1. The molecule has 3 aromatic rings. The van der Waals surface area contributed by atoms with Gasteiger partial charge in [0, 0.05) is 18.7 Å². The predicted molar refractivity (Wildman–Crippen MR) is 108 cm³/mol. The van der Waals surface area contributed by atoms with Crippen molar-refractivity contribution in [2.45, 2.75) is 37.7 Å². The van der Waals surface area contributed by atoms with Gasteiger partial charge in [-0.2, -0.15) is 0 Å². The first kappa shape index (κ1) is 21.0. The summed E-state index contributed by atoms with van der Waals surface area (Å²) in [7, 11) is 1.67. The first-order valence-corrected chi connectivity index (χ1v) is 9.07. The number of rotatable bonds is 1. The molecule has 4 rings (SSSR count). The van der Waals surface area contributed by atoms with E-state index >= 15 is 0 Å². The van der Waals surface area contributed by atoms with Crippen molar-refractivity contribution >= 4 is 29.4 Å². The molecular weight excluding hydrogens is 400 g/mol. The Hall–Kier alpha value is -2.76. The monoisotopic (exact) mass is 419 g/mol. The summed E-state index contributed by atoms with van der Waals surface area (Å²) in [6, 6.07) is 3.17. The number of fused-ring (bicyclic) bond motifs is 1. The largest absolute Gasteiger partial charge is 0.382 e. The molecule has 0 spiro atoms. The molecule has 0 saturated heterocycles. The lowest BCUT2D eigenvalue weighted by atomic mass is 9.85. The molecule has 0 bridgehead atoms. The summed E-state index contributed by atoms with van der Waals surface area (Å²) in [5.41, 5.74) is 5.97. The molecule has 3 N–H and O–H groups in total. The number of hydrogen-bond acceptors (Lipinski definition) is 5. The van der Waals surface area contributed by atoms with E-state index in [-0.39, 0.29) is 29.6 Å². The van der Waals surface area contributed by atoms with E-state index in [4.69, 9.17) is 5.73 Å². The highest BCUT2D eigenvalue weighted by atomic mass is 35.5. The van der Waals surface area contributed by atoms with Crippen LogP contribution in [0.3, 0.4) is 0 Å². The lowest BCUT2D eigenvalue weighted by Crippen LogP contribution is -2.29. The molecule has 0 amide bonds. The van der Waals surface area contributed by atoms with E-state index in [9.17, 15) is 13.9 Å². The van der Waals surface area contributed by atoms with Gasteiger partial charge in [0.05, 0.1) is 0 Å². The van der Waals surface area contributed by atoms with Crippen molar-refractivity contribution in [2.24, 2.45) is 7.05 Å². The van der Waals surface area contributed by atoms with Crippen LogP contribution in [0.2, 0.25) is 0 Å². The molecule has 1 aromatic carbocycles. The van der Waals surface area contributed by atoms with Crippen LogP contribution in [0.1, 0.15) is 37.9 Å². The average molecular weight is 420 g/mol. The van der Waals surface area contributed by atoms with Gasteiger partial charge < -0.3 is 15.4 Å². The molecule has 1 aliphatic rings. The summed E-state index contributed by atoms with van der Waals surface area (Å²) in [6.07, 6.45) is 4.21. The number of anilines is 1. The molecule has 6 nitrogen and oxygen atoms in total. The molecule has 1 aliphatic carbocycles. The second kappa shape index (κ2) is 7.93. The van der Waals surface area contributed by atoms with Crippen LogP contribution in [0.25, 0.3) is 22.6 Å². The lowest BCUT2D eigenvalue weighted by Gasteiger charge is -2.26. The van der Waals surface area contributed by atoms with Crippen LogP contribution in [0.15, 0.2) is 18.2 Å². The number of halogens is 3. The summed E-state index contributed by atoms with van der Waals surface area (Å²) < 4.78 is 28.8. The van der Waals surface area contributed by atoms with E-state index in [1.165, 1.54) is 12.1 Å². The average Bonchev–Trinajstić information content (AvgIpc) is 2.98. The maximum Gasteiger partial charge on any atom is 0.209 e. The van der Waals surface area contributed by atoms with Gasteiger partial charge in [-0.05, 0) is 43.7 Å². The normalized spacial score (nSPS) is 15.4. The highest BCUT2D eigenvalue weighted by molar-refractivity contribution is 5.86. The third-order valence-electron chi connectivity index (χ3n) is 4.95. The number of hydrogen-bond donors (Lipinski definition) is 2. The van der Waals surface area contributed by atoms with E-state index in [0.29, 0.717) is 29.8 Å². The van der Waals surface area contributed by atoms with Crippen molar-refractivity contribution in [3.63, 3.8) is 0 Å². The van der Waals surface area contributed by atoms with Gasteiger partial charge in [0.1, 0.15) is 23.1 Å². The Morgan fingerprint density at radius 2 is 1.72 bits per heavy atom. The summed E-state index contributed by atoms with van der Waals surface area (Å²) in [4.78, 5) is 12.9. The zero-order valence-electron chi connectivity index (χ0n) is 15.7. The zero-order valence-corrected chi connectivity index (χ0v) is 16.6. The van der Waals surface area contributed by atoms with E-state index < -0.39 is 17.2 Å². The minimum Gasteiger partial charge on any atom is -0.382 e. The van der Waals surface area contributed by atoms with Crippen LogP contribution in [0.4, 0.5) is 14.6 Å². The van der Waals surface area contributed by atoms with E-state index in [1.54, 1.807) is 11.6 Å². The smallest absolute Gasteiger partial charge is 0.209 e. The Balaban J connectivity index is 0.00000240. The Morgan fingerprint density at radius 3 is 2.38 bits per heavy atom. The highest BCUT2D eigenvalue weighted by Gasteiger charge is 2.26. The SMILES string of the molecule is Cl.Cn1c(-c2cc(F)cc(F)c2)nc2c(N)nc(C#CC3(O)CCCCC3)nc21. The Kier molecular flexibility index (Phi) is 5.73. The number of imidazole rings is 1. The predicted octanol–water partition coefficient (Wildman–Crippen LogP) is 3.36. The second-order valence-electron chi connectivity index (χ2n) is 7.10. The van der Waals surface area contributed by atoms with Gasteiger partial charge in [-0.1, -0.05) is 12.3 Å². The number of aryl methyl sites for hydroxylation is 1. The molecule has 2 aromatic heterocycles. The Labute approximate surface area is 172 Å². The maximum atomic E-state index is 13.6. The van der Waals surface area contributed by atoms with Crippen LogP contribution in [-0.4, -0.2) is 30.2 Å². The van der Waals surface area contributed by atoms with Crippen molar-refractivity contribution < 1.29 is 13.9 Å². The fourth-order valence-corrected chi connectivity index (χ4v) is 3.51. The fourth-order valence-electron chi connectivity index (χ4n) is 3.51. The summed E-state index contributed by atoms with van der Waals surface area (Å²) in [5, 5.41) is 10.5. The molecule has 2 heterocycles. The molecule has 152 valence electrons. The first-order valence-electron chi connectivity index (χ1n) is 9.07. The third kappa shape index (κ3) is 4.16. The van der Waals surface area contributed by atoms with Crippen molar-refractivity contribution in [3.8, 4) is 23.2 Å². The van der Waals surface area contributed by atoms with Crippen molar-refractivity contribution in [2.75, 3.05) is 5.73 Å². The molecular formula is C20H20ClF2N5O.